The number of amides is 2. The van der Waals surface area contributed by atoms with Crippen LogP contribution in [-0.4, -0.2) is 48.1 Å². The van der Waals surface area contributed by atoms with E-state index < -0.39 is 39.5 Å². The van der Waals surface area contributed by atoms with E-state index in [0.717, 1.165) is 7.05 Å². The van der Waals surface area contributed by atoms with Gasteiger partial charge in [-0.1, -0.05) is 6.07 Å². The van der Waals surface area contributed by atoms with Crippen molar-refractivity contribution in [2.75, 3.05) is 7.05 Å². The maximum Gasteiger partial charge on any atom is 0.424 e. The van der Waals surface area contributed by atoms with E-state index in [1.54, 1.807) is 41.5 Å². The Hall–Kier alpha value is -2.80. The summed E-state index contributed by atoms with van der Waals surface area (Å²) in [5.74, 6) is 0. The molecule has 0 fully saturated rings. The molecule has 0 saturated heterocycles. The van der Waals surface area contributed by atoms with Crippen LogP contribution < -0.4 is 0 Å². The minimum Gasteiger partial charge on any atom is -0.444 e. The van der Waals surface area contributed by atoms with Crippen molar-refractivity contribution in [1.29, 1.82) is 5.26 Å². The molecular formula is C20H27N3O6S. The number of hydrogen-bond donors (Lipinski definition) is 0. The summed E-state index contributed by atoms with van der Waals surface area (Å²) >= 11 is 0. The normalized spacial score (nSPS) is 16.5. The molecule has 0 spiro atoms. The van der Waals surface area contributed by atoms with Crippen molar-refractivity contribution < 1.29 is 27.5 Å². The topological polar surface area (TPSA) is 117 Å². The van der Waals surface area contributed by atoms with E-state index in [2.05, 4.69) is 6.07 Å². The smallest absolute Gasteiger partial charge is 0.424 e. The predicted octanol–water partition coefficient (Wildman–Crippen LogP) is 3.56. The minimum absolute atomic E-state index is 0.0159. The van der Waals surface area contributed by atoms with Gasteiger partial charge in [0.05, 0.1) is 17.5 Å². The van der Waals surface area contributed by atoms with Gasteiger partial charge in [0.2, 0.25) is 0 Å². The molecule has 9 nitrogen and oxygen atoms in total. The fraction of sp³-hybridized carbons (Fsp3) is 0.550. The molecule has 1 aliphatic heterocycles. The van der Waals surface area contributed by atoms with Crippen molar-refractivity contribution in [3.05, 3.63) is 29.3 Å². The highest BCUT2D eigenvalue weighted by Gasteiger charge is 2.38. The lowest BCUT2D eigenvalue weighted by Crippen LogP contribution is -2.38. The number of fused-ring (bicyclic) bond motifs is 1. The molecule has 1 unspecified atom stereocenters. The zero-order valence-corrected chi connectivity index (χ0v) is 19.0. The second-order valence-corrected chi connectivity index (χ2v) is 10.9. The molecule has 164 valence electrons. The molecule has 1 aromatic rings. The Bertz CT molecular complexity index is 999. The molecule has 1 aliphatic rings. The summed E-state index contributed by atoms with van der Waals surface area (Å²) in [7, 11) is -3.07. The van der Waals surface area contributed by atoms with Gasteiger partial charge in [-0.3, -0.25) is 4.90 Å². The number of carbonyl (C=O) groups is 2. The molecule has 1 heterocycles. The standard InChI is InChI=1S/C20H27N3O6S/c1-19(2,3)28-17(24)22(7)30(26,27)14-8-9-15-13(10-14)12-23(16(15)11-21)18(25)29-20(4,5)6/h8-10,16H,12H2,1-7H3. The maximum absolute atomic E-state index is 12.9. The molecule has 0 saturated carbocycles. The summed E-state index contributed by atoms with van der Waals surface area (Å²) in [6, 6.07) is 5.30. The molecule has 0 radical (unpaired) electrons. The first-order chi connectivity index (χ1) is 13.6. The van der Waals surface area contributed by atoms with Gasteiger partial charge in [0.15, 0.2) is 0 Å². The van der Waals surface area contributed by atoms with Crippen LogP contribution >= 0.6 is 0 Å². The maximum atomic E-state index is 12.9. The second kappa shape index (κ2) is 7.80. The summed E-state index contributed by atoms with van der Waals surface area (Å²) in [5.41, 5.74) is -0.586. The summed E-state index contributed by atoms with van der Waals surface area (Å²) in [6.07, 6.45) is -1.67. The van der Waals surface area contributed by atoms with E-state index in [1.165, 1.54) is 23.1 Å². The first-order valence-electron chi connectivity index (χ1n) is 9.31. The van der Waals surface area contributed by atoms with Crippen LogP contribution in [0.2, 0.25) is 0 Å². The monoisotopic (exact) mass is 437 g/mol. The Morgan fingerprint density at radius 1 is 1.13 bits per heavy atom. The Labute approximate surface area is 177 Å². The molecule has 1 aromatic carbocycles. The van der Waals surface area contributed by atoms with Gasteiger partial charge in [0.1, 0.15) is 17.2 Å². The summed E-state index contributed by atoms with van der Waals surface area (Å²) in [5, 5.41) is 9.54. The highest BCUT2D eigenvalue weighted by molar-refractivity contribution is 7.89. The number of nitrogens with zero attached hydrogens (tertiary/aromatic N) is 3. The first kappa shape index (κ1) is 23.5. The van der Waals surface area contributed by atoms with Gasteiger partial charge in [-0.25, -0.2) is 22.3 Å². The average molecular weight is 438 g/mol. The molecule has 0 aromatic heterocycles. The molecule has 30 heavy (non-hydrogen) atoms. The van der Waals surface area contributed by atoms with Crippen LogP contribution in [0.5, 0.6) is 0 Å². The van der Waals surface area contributed by atoms with E-state index in [9.17, 15) is 23.3 Å². The van der Waals surface area contributed by atoms with Gasteiger partial charge >= 0.3 is 12.2 Å². The van der Waals surface area contributed by atoms with Crippen molar-refractivity contribution >= 4 is 22.2 Å². The molecule has 2 rings (SSSR count). The van der Waals surface area contributed by atoms with E-state index in [4.69, 9.17) is 9.47 Å². The van der Waals surface area contributed by atoms with Crippen LogP contribution in [0.15, 0.2) is 23.1 Å². The van der Waals surface area contributed by atoms with Gasteiger partial charge < -0.3 is 9.47 Å². The number of sulfonamides is 1. The van der Waals surface area contributed by atoms with Gasteiger partial charge in [-0.2, -0.15) is 5.26 Å². The first-order valence-corrected chi connectivity index (χ1v) is 10.7. The summed E-state index contributed by atoms with van der Waals surface area (Å²) < 4.78 is 36.7. The van der Waals surface area contributed by atoms with Crippen LogP contribution in [0.3, 0.4) is 0 Å². The van der Waals surface area contributed by atoms with E-state index in [-0.39, 0.29) is 11.4 Å². The Morgan fingerprint density at radius 3 is 2.20 bits per heavy atom. The quantitative estimate of drug-likeness (QED) is 0.694. The molecule has 10 heteroatoms. The SMILES string of the molecule is CN(C(=O)OC(C)(C)C)S(=O)(=O)c1ccc2c(c1)CN(C(=O)OC(C)(C)C)C2C#N. The molecule has 0 bridgehead atoms. The van der Waals surface area contributed by atoms with Crippen molar-refractivity contribution in [3.63, 3.8) is 0 Å². The number of rotatable bonds is 2. The minimum atomic E-state index is -4.18. The van der Waals surface area contributed by atoms with E-state index in [0.29, 0.717) is 15.4 Å². The number of hydrogen-bond acceptors (Lipinski definition) is 7. The van der Waals surface area contributed by atoms with Crippen LogP contribution in [0.4, 0.5) is 9.59 Å². The Kier molecular flexibility index (Phi) is 6.10. The van der Waals surface area contributed by atoms with Gasteiger partial charge in [-0.05, 0) is 64.8 Å². The van der Waals surface area contributed by atoms with Crippen molar-refractivity contribution in [1.82, 2.24) is 9.21 Å². The van der Waals surface area contributed by atoms with Crippen LogP contribution in [0, 0.1) is 11.3 Å². The highest BCUT2D eigenvalue weighted by atomic mass is 32.2. The number of benzene rings is 1. The molecular weight excluding hydrogens is 410 g/mol. The van der Waals surface area contributed by atoms with Crippen molar-refractivity contribution in [2.45, 2.75) is 70.2 Å². The zero-order valence-electron chi connectivity index (χ0n) is 18.2. The van der Waals surface area contributed by atoms with Crippen molar-refractivity contribution in [2.24, 2.45) is 0 Å². The molecule has 2 amide bonds. The lowest BCUT2D eigenvalue weighted by Gasteiger charge is -2.26. The summed E-state index contributed by atoms with van der Waals surface area (Å²) in [4.78, 5) is 25.8. The third-order valence-electron chi connectivity index (χ3n) is 4.12. The number of ether oxygens (including phenoxy) is 2. The number of carbonyl (C=O) groups excluding carboxylic acids is 2. The average Bonchev–Trinajstić information content (AvgIpc) is 2.95. The van der Waals surface area contributed by atoms with Crippen LogP contribution in [0.1, 0.15) is 58.7 Å². The lowest BCUT2D eigenvalue weighted by atomic mass is 10.1. The Balaban J connectivity index is 2.34. The van der Waals surface area contributed by atoms with Crippen LogP contribution in [0.25, 0.3) is 0 Å². The summed E-state index contributed by atoms with van der Waals surface area (Å²) in [6.45, 7) is 10.1. The second-order valence-electron chi connectivity index (χ2n) is 8.95. The number of nitriles is 1. The predicted molar refractivity (Wildman–Crippen MR) is 108 cm³/mol. The fourth-order valence-electron chi connectivity index (χ4n) is 2.80. The van der Waals surface area contributed by atoms with Crippen molar-refractivity contribution in [3.8, 4) is 6.07 Å². The zero-order chi connectivity index (χ0) is 23.1. The lowest BCUT2D eigenvalue weighted by molar-refractivity contribution is 0.0213. The fourth-order valence-corrected chi connectivity index (χ4v) is 3.88. The molecule has 1 atom stereocenters. The van der Waals surface area contributed by atoms with Gasteiger partial charge in [0, 0.05) is 7.05 Å². The Morgan fingerprint density at radius 2 is 1.70 bits per heavy atom. The van der Waals surface area contributed by atoms with Gasteiger partial charge in [-0.15, -0.1) is 0 Å². The van der Waals surface area contributed by atoms with Gasteiger partial charge in [0.25, 0.3) is 10.0 Å². The van der Waals surface area contributed by atoms with Crippen LogP contribution in [-0.2, 0) is 26.0 Å². The molecule has 0 N–H and O–H groups in total. The molecule has 0 aliphatic carbocycles. The largest absolute Gasteiger partial charge is 0.444 e. The van der Waals surface area contributed by atoms with E-state index >= 15 is 0 Å². The third kappa shape index (κ3) is 5.02. The highest BCUT2D eigenvalue weighted by Crippen LogP contribution is 2.36. The van der Waals surface area contributed by atoms with E-state index in [1.807, 2.05) is 0 Å². The third-order valence-corrected chi connectivity index (χ3v) is 5.84.